The number of aryl methyl sites for hydroxylation is 4. The van der Waals surface area contributed by atoms with Gasteiger partial charge in [-0.25, -0.2) is 9.97 Å². The minimum absolute atomic E-state index is 0.588. The molecule has 2 aliphatic rings. The molecule has 0 atom stereocenters. The van der Waals surface area contributed by atoms with E-state index in [-0.39, 0.29) is 0 Å². The fraction of sp³-hybridized carbons (Fsp3) is 0.231. The number of nitrogens with one attached hydrogen (secondary N) is 2. The van der Waals surface area contributed by atoms with Crippen molar-refractivity contribution >= 4 is 46.4 Å². The molecule has 0 saturated heterocycles. The van der Waals surface area contributed by atoms with Crippen molar-refractivity contribution in [1.29, 1.82) is 0 Å². The minimum atomic E-state index is 0.588. The van der Waals surface area contributed by atoms with Gasteiger partial charge in [-0.3, -0.25) is 0 Å². The van der Waals surface area contributed by atoms with E-state index in [0.29, 0.717) is 26.2 Å². The molecule has 64 heavy (non-hydrogen) atoms. The van der Waals surface area contributed by atoms with E-state index in [4.69, 9.17) is 32.9 Å². The molecular weight excluding hydrogens is 793 g/mol. The van der Waals surface area contributed by atoms with Gasteiger partial charge in [0.1, 0.15) is 26.2 Å². The zero-order valence-electron chi connectivity index (χ0n) is 36.3. The molecule has 12 heteroatoms. The molecule has 7 aromatic rings. The number of fused-ring (bicyclic) bond motifs is 8. The Labute approximate surface area is 373 Å². The first-order chi connectivity index (χ1) is 31.6. The van der Waals surface area contributed by atoms with E-state index in [9.17, 15) is 0 Å². The summed E-state index contributed by atoms with van der Waals surface area (Å²) < 4.78 is 9.13. The van der Waals surface area contributed by atoms with E-state index in [1.54, 1.807) is 0 Å². The number of aromatic amines is 2. The Kier molecular flexibility index (Phi) is 13.0. The SMILES string of the molecule is NCCC[n+]1ccccc1-c1c2nc(c(-c3cccc[n+]3CCCN)c3ccc([nH]3)c(-c3cccc[n+]3CCCN)c3nc(c(-c4cccc[n+]4CCCN)c4ccc1[nH]4)C=C3)C=C2. The number of rotatable bonds is 16. The van der Waals surface area contributed by atoms with Crippen molar-refractivity contribution in [1.82, 2.24) is 19.9 Å². The number of nitrogens with zero attached hydrogens (tertiary/aromatic N) is 6. The predicted molar refractivity (Wildman–Crippen MR) is 256 cm³/mol. The lowest BCUT2D eigenvalue weighted by molar-refractivity contribution is -0.686. The van der Waals surface area contributed by atoms with Gasteiger partial charge >= 0.3 is 0 Å². The lowest BCUT2D eigenvalue weighted by atomic mass is 10.1. The lowest BCUT2D eigenvalue weighted by Crippen LogP contribution is -2.37. The Hall–Kier alpha value is -6.96. The second kappa shape index (κ2) is 19.6. The molecule has 0 saturated carbocycles. The highest BCUT2D eigenvalue weighted by atomic mass is 15.0. The van der Waals surface area contributed by atoms with Gasteiger partial charge in [0.05, 0.1) is 67.1 Å². The van der Waals surface area contributed by atoms with Crippen LogP contribution in [0, 0.1) is 0 Å². The molecular formula is C52H58N12+4. The summed E-state index contributed by atoms with van der Waals surface area (Å²) in [5, 5.41) is 0. The lowest BCUT2D eigenvalue weighted by Gasteiger charge is -2.07. The Morgan fingerprint density at radius 2 is 0.594 bits per heavy atom. The van der Waals surface area contributed by atoms with Crippen molar-refractivity contribution < 1.29 is 18.3 Å². The highest BCUT2D eigenvalue weighted by molar-refractivity contribution is 5.97. The van der Waals surface area contributed by atoms with Crippen LogP contribution < -0.4 is 41.2 Å². The molecule has 0 unspecified atom stereocenters. The summed E-state index contributed by atoms with van der Waals surface area (Å²) in [6, 6.07) is 34.1. The summed E-state index contributed by atoms with van der Waals surface area (Å²) in [6.07, 6.45) is 20.5. The summed E-state index contributed by atoms with van der Waals surface area (Å²) in [4.78, 5) is 19.0. The second-order valence-electron chi connectivity index (χ2n) is 16.2. The standard InChI is InChI=1S/C52H57N12/c53-25-9-33-61-29-5-1-13-45(61)49-37-17-19-39(57-37)50(46-14-2-6-30-62(46)34-10-26-54)41-21-23-43(59-41)52(48-16-4-8-32-64(48)36-12-28-56)44-24-22-42(60-44)51(40-20-18-38(49)58-40)47-15-3-7-31-63(47)35-11-27-55/h1-8,13-24,29-32H,9-12,25-28,33-36,53-56H2,(H,57,58,59,60)/q+3/p+1. The molecule has 0 radical (unpaired) electrons. The number of pyridine rings is 4. The van der Waals surface area contributed by atoms with Gasteiger partial charge in [-0.15, -0.1) is 0 Å². The number of hydrogen-bond acceptors (Lipinski definition) is 6. The average molecular weight is 851 g/mol. The third kappa shape index (κ3) is 8.56. The Bertz CT molecular complexity index is 2630. The van der Waals surface area contributed by atoms with Gasteiger partial charge < -0.3 is 32.9 Å². The van der Waals surface area contributed by atoms with Gasteiger partial charge in [-0.2, -0.15) is 18.3 Å². The van der Waals surface area contributed by atoms with E-state index in [0.717, 1.165) is 142 Å². The van der Waals surface area contributed by atoms with Crippen LogP contribution in [0.2, 0.25) is 0 Å². The first kappa shape index (κ1) is 42.3. The maximum absolute atomic E-state index is 6.09. The van der Waals surface area contributed by atoms with Crippen LogP contribution in [-0.4, -0.2) is 46.1 Å². The van der Waals surface area contributed by atoms with Crippen LogP contribution in [0.3, 0.4) is 0 Å². The topological polar surface area (TPSA) is 177 Å². The molecule has 0 spiro atoms. The average Bonchev–Trinajstić information content (AvgIpc) is 4.19. The fourth-order valence-electron chi connectivity index (χ4n) is 8.92. The van der Waals surface area contributed by atoms with Crippen molar-refractivity contribution in [2.45, 2.75) is 51.9 Å². The largest absolute Gasteiger partial charge is 0.354 e. The van der Waals surface area contributed by atoms with Gasteiger partial charge in [0.2, 0.25) is 22.8 Å². The van der Waals surface area contributed by atoms with E-state index in [1.807, 2.05) is 0 Å². The van der Waals surface area contributed by atoms with Crippen molar-refractivity contribution in [3.63, 3.8) is 0 Å². The van der Waals surface area contributed by atoms with E-state index >= 15 is 0 Å². The van der Waals surface area contributed by atoms with Crippen molar-refractivity contribution in [2.24, 2.45) is 22.9 Å². The van der Waals surface area contributed by atoms with E-state index in [2.05, 4.69) is 174 Å². The molecule has 2 aliphatic heterocycles. The molecule has 0 fully saturated rings. The number of hydrogen-bond donors (Lipinski definition) is 6. The predicted octanol–water partition coefficient (Wildman–Crippen LogP) is 5.87. The summed E-state index contributed by atoms with van der Waals surface area (Å²) in [5.74, 6) is 0. The van der Waals surface area contributed by atoms with Crippen LogP contribution in [0.5, 0.6) is 0 Å². The summed E-state index contributed by atoms with van der Waals surface area (Å²) in [6.45, 7) is 5.41. The zero-order chi connectivity index (χ0) is 43.8. The first-order valence-corrected chi connectivity index (χ1v) is 22.5. The van der Waals surface area contributed by atoms with Crippen LogP contribution >= 0.6 is 0 Å². The molecule has 7 aromatic heterocycles. The van der Waals surface area contributed by atoms with Crippen LogP contribution in [-0.2, 0) is 26.2 Å². The number of nitrogens with two attached hydrogens (primary N) is 4. The third-order valence-electron chi connectivity index (χ3n) is 12.0. The quantitative estimate of drug-likeness (QED) is 0.0663. The summed E-state index contributed by atoms with van der Waals surface area (Å²) in [7, 11) is 0. The zero-order valence-corrected chi connectivity index (χ0v) is 36.3. The molecule has 9 rings (SSSR count). The minimum Gasteiger partial charge on any atom is -0.354 e. The molecule has 0 amide bonds. The smallest absolute Gasteiger partial charge is 0.216 e. The Morgan fingerprint density at radius 3 is 0.828 bits per heavy atom. The van der Waals surface area contributed by atoms with Gasteiger partial charge in [0.15, 0.2) is 24.8 Å². The van der Waals surface area contributed by atoms with E-state index < -0.39 is 0 Å². The molecule has 9 heterocycles. The fourth-order valence-corrected chi connectivity index (χ4v) is 8.92. The first-order valence-electron chi connectivity index (χ1n) is 22.5. The highest BCUT2D eigenvalue weighted by Crippen LogP contribution is 2.36. The molecule has 10 N–H and O–H groups in total. The van der Waals surface area contributed by atoms with Gasteiger partial charge in [-0.1, -0.05) is 0 Å². The monoisotopic (exact) mass is 850 g/mol. The van der Waals surface area contributed by atoms with Crippen molar-refractivity contribution in [3.05, 3.63) is 145 Å². The summed E-state index contributed by atoms with van der Waals surface area (Å²) >= 11 is 0. The maximum atomic E-state index is 6.09. The Balaban J connectivity index is 1.46. The Morgan fingerprint density at radius 1 is 0.344 bits per heavy atom. The van der Waals surface area contributed by atoms with Crippen LogP contribution in [0.4, 0.5) is 0 Å². The van der Waals surface area contributed by atoms with Crippen LogP contribution in [0.25, 0.3) is 91.4 Å². The second-order valence-corrected chi connectivity index (χ2v) is 16.2. The highest BCUT2D eigenvalue weighted by Gasteiger charge is 2.27. The number of aromatic nitrogens is 8. The van der Waals surface area contributed by atoms with E-state index in [1.165, 1.54) is 0 Å². The van der Waals surface area contributed by atoms with Crippen molar-refractivity contribution in [2.75, 3.05) is 26.2 Å². The van der Waals surface area contributed by atoms with Gasteiger partial charge in [0.25, 0.3) is 0 Å². The molecule has 0 aromatic carbocycles. The molecule has 12 nitrogen and oxygen atoms in total. The van der Waals surface area contributed by atoms with Crippen LogP contribution in [0.15, 0.2) is 122 Å². The molecule has 8 bridgehead atoms. The van der Waals surface area contributed by atoms with Crippen molar-refractivity contribution in [3.8, 4) is 45.0 Å². The maximum Gasteiger partial charge on any atom is 0.216 e. The number of H-pyrrole nitrogens is 2. The third-order valence-corrected chi connectivity index (χ3v) is 12.0. The van der Waals surface area contributed by atoms with Gasteiger partial charge in [-0.05, 0) is 99.0 Å². The molecule has 322 valence electrons. The summed E-state index contributed by atoms with van der Waals surface area (Å²) in [5.41, 5.74) is 39.6. The van der Waals surface area contributed by atoms with Crippen LogP contribution in [0.1, 0.15) is 48.5 Å². The molecule has 0 aliphatic carbocycles. The van der Waals surface area contributed by atoms with Gasteiger partial charge in [0, 0.05) is 74.2 Å². The normalized spacial score (nSPS) is 12.1.